The van der Waals surface area contributed by atoms with Gasteiger partial charge in [-0.05, 0) is 25.8 Å². The van der Waals surface area contributed by atoms with E-state index in [0.29, 0.717) is 19.4 Å². The molecule has 0 aromatic carbocycles. The van der Waals surface area contributed by atoms with Gasteiger partial charge in [-0.25, -0.2) is 14.4 Å². The number of carboxylic acid groups (broad SMARTS) is 2. The van der Waals surface area contributed by atoms with Gasteiger partial charge in [-0.3, -0.25) is 9.68 Å². The van der Waals surface area contributed by atoms with Crippen LogP contribution in [0, 0.1) is 0 Å². The van der Waals surface area contributed by atoms with Gasteiger partial charge < -0.3 is 26.6 Å². The Hall–Kier alpha value is -2.40. The van der Waals surface area contributed by atoms with E-state index in [2.05, 4.69) is 10.2 Å². The zero-order valence-corrected chi connectivity index (χ0v) is 11.7. The van der Waals surface area contributed by atoms with Crippen LogP contribution in [0.2, 0.25) is 0 Å². The molecule has 0 aromatic heterocycles. The van der Waals surface area contributed by atoms with Gasteiger partial charge in [-0.15, -0.1) is 0 Å². The minimum atomic E-state index is -1.66. The van der Waals surface area contributed by atoms with Gasteiger partial charge in [-0.2, -0.15) is 5.26 Å². The molecule has 2 unspecified atom stereocenters. The quantitative estimate of drug-likeness (QED) is 0.162. The Labute approximate surface area is 125 Å². The summed E-state index contributed by atoms with van der Waals surface area (Å²) in [5.74, 6) is -4.08. The molecular weight excluding hydrogens is 302 g/mol. The monoisotopic (exact) mass is 321 g/mol. The molecule has 0 bridgehead atoms. The van der Waals surface area contributed by atoms with E-state index in [9.17, 15) is 19.2 Å². The first kappa shape index (κ1) is 19.6. The first-order valence-corrected chi connectivity index (χ1v) is 6.38. The molecule has 22 heavy (non-hydrogen) atoms. The number of carbonyl (C=O) groups excluding carboxylic acids is 2. The molecule has 0 heterocycles. The Morgan fingerprint density at radius 2 is 1.64 bits per heavy atom. The van der Waals surface area contributed by atoms with Gasteiger partial charge >= 0.3 is 23.9 Å². The first-order chi connectivity index (χ1) is 10.3. The molecule has 0 aliphatic heterocycles. The minimum Gasteiger partial charge on any atom is -0.481 e. The van der Waals surface area contributed by atoms with Crippen molar-refractivity contribution in [3.8, 4) is 0 Å². The molecule has 0 fully saturated rings. The van der Waals surface area contributed by atoms with Crippen molar-refractivity contribution >= 4 is 23.9 Å². The molecule has 0 aliphatic carbocycles. The van der Waals surface area contributed by atoms with Crippen LogP contribution in [-0.4, -0.2) is 58.0 Å². The second-order valence-electron chi connectivity index (χ2n) is 4.35. The highest BCUT2D eigenvalue weighted by Gasteiger charge is 2.26. The fraction of sp³-hybridized carbons (Fsp3) is 0.636. The number of carboxylic acids is 2. The summed E-state index contributed by atoms with van der Waals surface area (Å²) < 4.78 is 0. The molecule has 11 heteroatoms. The number of urea groups is 1. The number of nitrogens with one attached hydrogen (secondary N) is 2. The van der Waals surface area contributed by atoms with Crippen LogP contribution >= 0.6 is 0 Å². The molecule has 0 rings (SSSR count). The molecule has 7 N–H and O–H groups in total. The van der Waals surface area contributed by atoms with E-state index in [1.165, 1.54) is 0 Å². The SMILES string of the molecule is NCCCCC(NC(=O)NC(CC(=O)O)C(=O)O)C(=O)OO. The second-order valence-corrected chi connectivity index (χ2v) is 4.35. The maximum atomic E-state index is 11.6. The van der Waals surface area contributed by atoms with E-state index < -0.39 is 42.4 Å². The number of rotatable bonds is 10. The third kappa shape index (κ3) is 8.01. The van der Waals surface area contributed by atoms with Crippen molar-refractivity contribution < 1.29 is 39.5 Å². The van der Waals surface area contributed by atoms with Gasteiger partial charge in [0.15, 0.2) is 0 Å². The van der Waals surface area contributed by atoms with Crippen molar-refractivity contribution in [1.29, 1.82) is 0 Å². The molecule has 0 aliphatic rings. The Balaban J connectivity index is 4.61. The molecule has 0 spiro atoms. The first-order valence-electron chi connectivity index (χ1n) is 6.38. The molecule has 0 aromatic rings. The summed E-state index contributed by atoms with van der Waals surface area (Å²) in [5, 5.41) is 29.7. The third-order valence-electron chi connectivity index (χ3n) is 2.61. The highest BCUT2D eigenvalue weighted by molar-refractivity contribution is 5.88. The summed E-state index contributed by atoms with van der Waals surface area (Å²) in [6, 6.07) is -3.94. The van der Waals surface area contributed by atoms with Crippen LogP contribution in [0.25, 0.3) is 0 Å². The van der Waals surface area contributed by atoms with Crippen LogP contribution in [0.4, 0.5) is 4.79 Å². The number of hydrogen-bond donors (Lipinski definition) is 6. The van der Waals surface area contributed by atoms with Crippen LogP contribution in [0.3, 0.4) is 0 Å². The molecule has 0 saturated carbocycles. The smallest absolute Gasteiger partial charge is 0.364 e. The fourth-order valence-corrected chi connectivity index (χ4v) is 1.54. The maximum Gasteiger partial charge on any atom is 0.364 e. The van der Waals surface area contributed by atoms with E-state index in [0.717, 1.165) is 0 Å². The van der Waals surface area contributed by atoms with Crippen molar-refractivity contribution in [2.75, 3.05) is 6.54 Å². The summed E-state index contributed by atoms with van der Waals surface area (Å²) in [5.41, 5.74) is 5.28. The number of nitrogens with two attached hydrogens (primary N) is 1. The molecule has 2 amide bonds. The number of unbranched alkanes of at least 4 members (excludes halogenated alkanes) is 1. The predicted molar refractivity (Wildman–Crippen MR) is 70.8 cm³/mol. The van der Waals surface area contributed by atoms with Crippen LogP contribution in [0.15, 0.2) is 0 Å². The minimum absolute atomic E-state index is 0.112. The highest BCUT2D eigenvalue weighted by Crippen LogP contribution is 2.03. The molecule has 11 nitrogen and oxygen atoms in total. The lowest BCUT2D eigenvalue weighted by molar-refractivity contribution is -0.236. The van der Waals surface area contributed by atoms with Crippen LogP contribution in [0.1, 0.15) is 25.7 Å². The van der Waals surface area contributed by atoms with E-state index in [-0.39, 0.29) is 6.42 Å². The van der Waals surface area contributed by atoms with Gasteiger partial charge in [-0.1, -0.05) is 0 Å². The summed E-state index contributed by atoms with van der Waals surface area (Å²) >= 11 is 0. The number of carbonyl (C=O) groups is 4. The largest absolute Gasteiger partial charge is 0.481 e. The van der Waals surface area contributed by atoms with Crippen LogP contribution in [-0.2, 0) is 19.3 Å². The van der Waals surface area contributed by atoms with Crippen LogP contribution < -0.4 is 16.4 Å². The van der Waals surface area contributed by atoms with Gasteiger partial charge in [0.25, 0.3) is 0 Å². The van der Waals surface area contributed by atoms with E-state index in [1.54, 1.807) is 0 Å². The van der Waals surface area contributed by atoms with E-state index in [1.807, 2.05) is 5.32 Å². The van der Waals surface area contributed by atoms with Gasteiger partial charge in [0, 0.05) is 0 Å². The molecule has 0 radical (unpaired) electrons. The molecular formula is C11H19N3O8. The Morgan fingerprint density at radius 3 is 2.09 bits per heavy atom. The van der Waals surface area contributed by atoms with Crippen molar-refractivity contribution in [3.63, 3.8) is 0 Å². The average Bonchev–Trinajstić information content (AvgIpc) is 2.44. The number of amides is 2. The topological polar surface area (TPSA) is 188 Å². The van der Waals surface area contributed by atoms with Crippen molar-refractivity contribution in [2.24, 2.45) is 5.73 Å². The summed E-state index contributed by atoms with van der Waals surface area (Å²) in [6.45, 7) is 0.368. The zero-order chi connectivity index (χ0) is 17.1. The molecule has 2 atom stereocenters. The average molecular weight is 321 g/mol. The lowest BCUT2D eigenvalue weighted by Crippen LogP contribution is -2.51. The maximum absolute atomic E-state index is 11.6. The normalized spacial score (nSPS) is 12.8. The Kier molecular flexibility index (Phi) is 9.22. The number of aliphatic carboxylic acids is 2. The van der Waals surface area contributed by atoms with Gasteiger partial charge in [0.05, 0.1) is 6.42 Å². The lowest BCUT2D eigenvalue weighted by atomic mass is 10.1. The number of hydrogen-bond acceptors (Lipinski definition) is 7. The summed E-state index contributed by atoms with van der Waals surface area (Å²) in [4.78, 5) is 47.7. The van der Waals surface area contributed by atoms with Crippen molar-refractivity contribution in [1.82, 2.24) is 10.6 Å². The summed E-state index contributed by atoms with van der Waals surface area (Å²) in [6.07, 6.45) is 0.301. The molecule has 0 saturated heterocycles. The molecule has 126 valence electrons. The lowest BCUT2D eigenvalue weighted by Gasteiger charge is -2.18. The van der Waals surface area contributed by atoms with Crippen molar-refractivity contribution in [3.05, 3.63) is 0 Å². The van der Waals surface area contributed by atoms with E-state index >= 15 is 0 Å². The summed E-state index contributed by atoms with van der Waals surface area (Å²) in [7, 11) is 0. The Bertz CT molecular complexity index is 414. The fourth-order valence-electron chi connectivity index (χ4n) is 1.54. The predicted octanol–water partition coefficient (Wildman–Crippen LogP) is -1.27. The van der Waals surface area contributed by atoms with E-state index in [4.69, 9.17) is 21.2 Å². The van der Waals surface area contributed by atoms with Gasteiger partial charge in [0.1, 0.15) is 12.1 Å². The van der Waals surface area contributed by atoms with Crippen molar-refractivity contribution in [2.45, 2.75) is 37.8 Å². The second kappa shape index (κ2) is 10.3. The standard InChI is InChI=1S/C11H19N3O8/c12-4-2-1-3-6(10(19)22-21)13-11(20)14-7(9(17)18)5-8(15)16/h6-7,21H,1-5,12H2,(H,15,16)(H,17,18)(H2,13,14,20). The third-order valence-corrected chi connectivity index (χ3v) is 2.61. The Morgan fingerprint density at radius 1 is 1.05 bits per heavy atom. The van der Waals surface area contributed by atoms with Crippen LogP contribution in [0.5, 0.6) is 0 Å². The highest BCUT2D eigenvalue weighted by atomic mass is 17.1. The van der Waals surface area contributed by atoms with Gasteiger partial charge in [0.2, 0.25) is 0 Å². The zero-order valence-electron chi connectivity index (χ0n) is 11.7.